The molecule has 0 aliphatic heterocycles. The Bertz CT molecular complexity index is 248. The van der Waals surface area contributed by atoms with Gasteiger partial charge in [0.1, 0.15) is 0 Å². The molecule has 0 aromatic heterocycles. The molecule has 0 heterocycles. The van der Waals surface area contributed by atoms with Crippen LogP contribution < -0.4 is 0 Å². The molecule has 80 valence electrons. The van der Waals surface area contributed by atoms with Gasteiger partial charge in [-0.2, -0.15) is 0 Å². The Hall–Kier alpha value is -1.09. The zero-order valence-corrected chi connectivity index (χ0v) is 9.37. The number of hydrogen-bond donors (Lipinski definition) is 1. The van der Waals surface area contributed by atoms with Crippen LogP contribution in [0, 0.1) is 0 Å². The lowest BCUT2D eigenvalue weighted by Crippen LogP contribution is -2.20. The van der Waals surface area contributed by atoms with E-state index in [1.54, 1.807) is 0 Å². The van der Waals surface area contributed by atoms with Gasteiger partial charge in [0.05, 0.1) is 0 Å². The molecule has 0 spiro atoms. The van der Waals surface area contributed by atoms with Gasteiger partial charge in [0.2, 0.25) is 0 Å². The molecule has 0 atom stereocenters. The fourth-order valence-corrected chi connectivity index (χ4v) is 0.965. The fraction of sp³-hybridized carbons (Fsp3) is 0.545. The van der Waals surface area contributed by atoms with Crippen molar-refractivity contribution in [3.63, 3.8) is 0 Å². The van der Waals surface area contributed by atoms with Gasteiger partial charge < -0.3 is 0 Å². The standard InChI is InChI=1S/C11H19NO2/c1-9(2)6-5-7-10(3)8-11(13)12(4)14/h6,8,14H,5,7H2,1-4H3/b10-8+. The first-order valence-electron chi connectivity index (χ1n) is 4.70. The Labute approximate surface area is 85.7 Å². The molecule has 0 bridgehead atoms. The summed E-state index contributed by atoms with van der Waals surface area (Å²) in [6.07, 6.45) is 5.38. The molecular weight excluding hydrogens is 178 g/mol. The molecule has 3 nitrogen and oxygen atoms in total. The Morgan fingerprint density at radius 1 is 1.36 bits per heavy atom. The molecule has 0 aliphatic carbocycles. The van der Waals surface area contributed by atoms with Crippen molar-refractivity contribution >= 4 is 5.91 Å². The molecule has 0 radical (unpaired) electrons. The Kier molecular flexibility index (Phi) is 5.88. The number of amides is 1. The van der Waals surface area contributed by atoms with Gasteiger partial charge in [-0.25, -0.2) is 5.06 Å². The maximum atomic E-state index is 11.0. The highest BCUT2D eigenvalue weighted by Gasteiger charge is 2.00. The Morgan fingerprint density at radius 2 is 1.93 bits per heavy atom. The summed E-state index contributed by atoms with van der Waals surface area (Å²) in [5.74, 6) is -0.375. The first-order chi connectivity index (χ1) is 6.43. The molecule has 1 amide bonds. The average molecular weight is 197 g/mol. The predicted molar refractivity (Wildman–Crippen MR) is 57.0 cm³/mol. The van der Waals surface area contributed by atoms with Gasteiger partial charge in [0, 0.05) is 13.1 Å². The maximum Gasteiger partial charge on any atom is 0.269 e. The van der Waals surface area contributed by atoms with Crippen LogP contribution in [0.2, 0.25) is 0 Å². The number of likely N-dealkylation sites (N-methyl/N-ethyl adjacent to an activating group) is 1. The van der Waals surface area contributed by atoms with Crippen molar-refractivity contribution in [2.45, 2.75) is 33.6 Å². The number of rotatable bonds is 4. The SMILES string of the molecule is CC(C)=CCC/C(C)=C/C(=O)N(C)O. The van der Waals surface area contributed by atoms with Crippen LogP contribution in [0.5, 0.6) is 0 Å². The van der Waals surface area contributed by atoms with E-state index in [1.165, 1.54) is 18.7 Å². The molecule has 0 aliphatic rings. The topological polar surface area (TPSA) is 40.5 Å². The number of carbonyl (C=O) groups excluding carboxylic acids is 1. The van der Waals surface area contributed by atoms with Gasteiger partial charge in [-0.1, -0.05) is 17.2 Å². The smallest absolute Gasteiger partial charge is 0.269 e. The van der Waals surface area contributed by atoms with Gasteiger partial charge in [0.25, 0.3) is 5.91 Å². The minimum atomic E-state index is -0.375. The van der Waals surface area contributed by atoms with E-state index in [0.717, 1.165) is 18.4 Å². The summed E-state index contributed by atoms with van der Waals surface area (Å²) in [6.45, 7) is 5.98. The molecule has 1 N–H and O–H groups in total. The zero-order valence-electron chi connectivity index (χ0n) is 9.37. The third-order valence-corrected chi connectivity index (χ3v) is 1.78. The molecule has 0 rings (SSSR count). The van der Waals surface area contributed by atoms with Crippen molar-refractivity contribution in [1.82, 2.24) is 5.06 Å². The van der Waals surface area contributed by atoms with E-state index < -0.39 is 0 Å². The summed E-state index contributed by atoms with van der Waals surface area (Å²) in [7, 11) is 1.32. The van der Waals surface area contributed by atoms with Crippen LogP contribution >= 0.6 is 0 Å². The molecule has 14 heavy (non-hydrogen) atoms. The summed E-state index contributed by atoms with van der Waals surface area (Å²) >= 11 is 0. The fourth-order valence-electron chi connectivity index (χ4n) is 0.965. The molecule has 0 aromatic carbocycles. The lowest BCUT2D eigenvalue weighted by atomic mass is 10.1. The summed E-state index contributed by atoms with van der Waals surface area (Å²) in [5.41, 5.74) is 2.26. The van der Waals surface area contributed by atoms with Crippen molar-refractivity contribution in [1.29, 1.82) is 0 Å². The second-order valence-corrected chi connectivity index (χ2v) is 3.67. The van der Waals surface area contributed by atoms with Gasteiger partial charge >= 0.3 is 0 Å². The Balaban J connectivity index is 4.02. The predicted octanol–water partition coefficient (Wildman–Crippen LogP) is 2.53. The van der Waals surface area contributed by atoms with E-state index >= 15 is 0 Å². The van der Waals surface area contributed by atoms with Crippen molar-refractivity contribution in [3.05, 3.63) is 23.3 Å². The summed E-state index contributed by atoms with van der Waals surface area (Å²) in [5, 5.41) is 9.40. The van der Waals surface area contributed by atoms with Crippen molar-refractivity contribution < 1.29 is 10.0 Å². The lowest BCUT2D eigenvalue weighted by Gasteiger charge is -2.05. The first kappa shape index (κ1) is 12.9. The first-order valence-corrected chi connectivity index (χ1v) is 4.70. The highest BCUT2D eigenvalue weighted by molar-refractivity contribution is 5.86. The molecule has 0 fully saturated rings. The second kappa shape index (κ2) is 6.38. The molecule has 3 heteroatoms. The molecule has 0 saturated carbocycles. The van der Waals surface area contributed by atoms with Gasteiger partial charge in [0.15, 0.2) is 0 Å². The largest absolute Gasteiger partial charge is 0.286 e. The number of allylic oxidation sites excluding steroid dienone is 3. The highest BCUT2D eigenvalue weighted by atomic mass is 16.5. The number of hydroxylamine groups is 2. The van der Waals surface area contributed by atoms with E-state index in [1.807, 2.05) is 20.8 Å². The summed E-state index contributed by atoms with van der Waals surface area (Å²) in [6, 6.07) is 0. The van der Waals surface area contributed by atoms with Crippen LogP contribution in [0.25, 0.3) is 0 Å². The van der Waals surface area contributed by atoms with Crippen LogP contribution in [-0.2, 0) is 4.79 Å². The van der Waals surface area contributed by atoms with Crippen molar-refractivity contribution in [2.24, 2.45) is 0 Å². The lowest BCUT2D eigenvalue weighted by molar-refractivity contribution is -0.153. The van der Waals surface area contributed by atoms with Gasteiger partial charge in [-0.3, -0.25) is 10.0 Å². The van der Waals surface area contributed by atoms with Gasteiger partial charge in [-0.15, -0.1) is 0 Å². The zero-order chi connectivity index (χ0) is 11.1. The summed E-state index contributed by atoms with van der Waals surface area (Å²) < 4.78 is 0. The van der Waals surface area contributed by atoms with E-state index in [-0.39, 0.29) is 5.91 Å². The minimum Gasteiger partial charge on any atom is -0.286 e. The van der Waals surface area contributed by atoms with E-state index in [9.17, 15) is 4.79 Å². The van der Waals surface area contributed by atoms with Crippen molar-refractivity contribution in [2.75, 3.05) is 7.05 Å². The van der Waals surface area contributed by atoms with E-state index in [4.69, 9.17) is 5.21 Å². The monoisotopic (exact) mass is 197 g/mol. The van der Waals surface area contributed by atoms with Crippen LogP contribution in [0.4, 0.5) is 0 Å². The second-order valence-electron chi connectivity index (χ2n) is 3.67. The molecule has 0 aromatic rings. The molecule has 0 saturated heterocycles. The minimum absolute atomic E-state index is 0.375. The number of carbonyl (C=O) groups is 1. The third-order valence-electron chi connectivity index (χ3n) is 1.78. The quantitative estimate of drug-likeness (QED) is 0.325. The molecule has 0 unspecified atom stereocenters. The third kappa shape index (κ3) is 6.43. The Morgan fingerprint density at radius 3 is 2.36 bits per heavy atom. The van der Waals surface area contributed by atoms with E-state index in [0.29, 0.717) is 5.06 Å². The molecular formula is C11H19NO2. The summed E-state index contributed by atoms with van der Waals surface area (Å²) in [4.78, 5) is 11.0. The normalized spacial score (nSPS) is 11.1. The van der Waals surface area contributed by atoms with Crippen LogP contribution in [0.15, 0.2) is 23.3 Å². The average Bonchev–Trinajstić information content (AvgIpc) is 2.02. The maximum absolute atomic E-state index is 11.0. The van der Waals surface area contributed by atoms with Crippen molar-refractivity contribution in [3.8, 4) is 0 Å². The van der Waals surface area contributed by atoms with Gasteiger partial charge in [-0.05, 0) is 33.6 Å². The van der Waals surface area contributed by atoms with Crippen LogP contribution in [-0.4, -0.2) is 23.2 Å². The van der Waals surface area contributed by atoms with Crippen LogP contribution in [0.3, 0.4) is 0 Å². The van der Waals surface area contributed by atoms with Crippen LogP contribution in [0.1, 0.15) is 33.6 Å². The highest BCUT2D eigenvalue weighted by Crippen LogP contribution is 2.06. The number of hydrogen-bond acceptors (Lipinski definition) is 2. The van der Waals surface area contributed by atoms with E-state index in [2.05, 4.69) is 6.08 Å². The number of nitrogens with zero attached hydrogens (tertiary/aromatic N) is 1.